The molecule has 1 aromatic carbocycles. The summed E-state index contributed by atoms with van der Waals surface area (Å²) in [6.07, 6.45) is 0.190. The number of aliphatic hydroxyl groups is 2. The molecule has 2 unspecified atom stereocenters. The fraction of sp³-hybridized carbons (Fsp3) is 0.522. The maximum Gasteiger partial charge on any atom is 0.251 e. The summed E-state index contributed by atoms with van der Waals surface area (Å²) in [7, 11) is 1.50. The van der Waals surface area contributed by atoms with Gasteiger partial charge in [0, 0.05) is 24.9 Å². The quantitative estimate of drug-likeness (QED) is 0.176. The second kappa shape index (κ2) is 8.31. The number of guanidine groups is 2. The second-order valence-electron chi connectivity index (χ2n) is 9.79. The minimum atomic E-state index is -2.64. The first-order valence-electron chi connectivity index (χ1n) is 11.9. The number of aryl methyl sites for hydroxylation is 1. The lowest BCUT2D eigenvalue weighted by molar-refractivity contribution is -0.230. The SMILES string of the molecule is COc1cc(C(=O)NC2CN3C(N)=NC(CN4C(=O)CCC4=O)[C@@H]4N=C(N)N[C@@]43C2(O)O)cc(C)c1C. The number of aliphatic imine (C=N–C) groups is 2. The summed E-state index contributed by atoms with van der Waals surface area (Å²) in [5.41, 5.74) is 12.4. The van der Waals surface area contributed by atoms with Crippen molar-refractivity contribution in [1.82, 2.24) is 20.4 Å². The average Bonchev–Trinajstić information content (AvgIpc) is 3.43. The third-order valence-corrected chi connectivity index (χ3v) is 7.73. The van der Waals surface area contributed by atoms with Crippen molar-refractivity contribution in [3.05, 3.63) is 28.8 Å². The van der Waals surface area contributed by atoms with Gasteiger partial charge in [0.15, 0.2) is 17.6 Å². The van der Waals surface area contributed by atoms with Gasteiger partial charge in [-0.3, -0.25) is 19.3 Å². The number of likely N-dealkylation sites (tertiary alicyclic amines) is 1. The van der Waals surface area contributed by atoms with Crippen LogP contribution in [0.2, 0.25) is 0 Å². The van der Waals surface area contributed by atoms with Crippen LogP contribution in [-0.4, -0.2) is 99.4 Å². The highest BCUT2D eigenvalue weighted by molar-refractivity contribution is 6.02. The summed E-state index contributed by atoms with van der Waals surface area (Å²) in [5.74, 6) is -3.54. The molecule has 2 saturated heterocycles. The number of benzene rings is 1. The number of rotatable bonds is 5. The molecule has 0 saturated carbocycles. The number of amides is 3. The van der Waals surface area contributed by atoms with E-state index in [4.69, 9.17) is 16.2 Å². The number of nitrogens with one attached hydrogen (secondary N) is 2. The van der Waals surface area contributed by atoms with E-state index >= 15 is 0 Å². The van der Waals surface area contributed by atoms with Crippen LogP contribution in [-0.2, 0) is 9.59 Å². The minimum Gasteiger partial charge on any atom is -0.496 e. The van der Waals surface area contributed by atoms with Gasteiger partial charge in [-0.15, -0.1) is 0 Å². The third kappa shape index (κ3) is 3.50. The van der Waals surface area contributed by atoms with E-state index < -0.39 is 35.5 Å². The molecule has 2 fully saturated rings. The Kier molecular flexibility index (Phi) is 5.56. The number of nitrogens with two attached hydrogens (primary N) is 2. The molecule has 198 valence electrons. The molecule has 1 spiro atoms. The van der Waals surface area contributed by atoms with Crippen LogP contribution >= 0.6 is 0 Å². The summed E-state index contributed by atoms with van der Waals surface area (Å²) in [5, 5.41) is 28.6. The number of ether oxygens (including phenoxy) is 1. The number of hydrogen-bond acceptors (Lipinski definition) is 12. The Bertz CT molecular complexity index is 1250. The molecular weight excluding hydrogens is 484 g/mol. The van der Waals surface area contributed by atoms with E-state index in [1.807, 2.05) is 13.8 Å². The van der Waals surface area contributed by atoms with Gasteiger partial charge >= 0.3 is 0 Å². The first-order valence-corrected chi connectivity index (χ1v) is 11.9. The molecule has 4 aliphatic rings. The molecule has 14 heteroatoms. The van der Waals surface area contributed by atoms with Gasteiger partial charge < -0.3 is 42.0 Å². The second-order valence-corrected chi connectivity index (χ2v) is 9.79. The van der Waals surface area contributed by atoms with Gasteiger partial charge in [0.25, 0.3) is 5.91 Å². The fourth-order valence-electron chi connectivity index (χ4n) is 5.66. The smallest absolute Gasteiger partial charge is 0.251 e. The number of imide groups is 1. The first-order chi connectivity index (χ1) is 17.4. The van der Waals surface area contributed by atoms with Crippen LogP contribution in [0.15, 0.2) is 22.1 Å². The van der Waals surface area contributed by atoms with Crippen LogP contribution in [0, 0.1) is 13.8 Å². The predicted molar refractivity (Wildman–Crippen MR) is 130 cm³/mol. The van der Waals surface area contributed by atoms with Gasteiger partial charge in [0.05, 0.1) is 19.7 Å². The number of hydrogen-bond donors (Lipinski definition) is 6. The lowest BCUT2D eigenvalue weighted by atomic mass is 9.84. The molecule has 4 aliphatic heterocycles. The lowest BCUT2D eigenvalue weighted by Crippen LogP contribution is -2.78. The molecule has 0 radical (unpaired) electrons. The highest BCUT2D eigenvalue weighted by Crippen LogP contribution is 2.45. The van der Waals surface area contributed by atoms with Gasteiger partial charge in [-0.2, -0.15) is 0 Å². The zero-order chi connectivity index (χ0) is 26.9. The van der Waals surface area contributed by atoms with Crippen molar-refractivity contribution in [2.75, 3.05) is 20.2 Å². The van der Waals surface area contributed by atoms with Gasteiger partial charge in [0.1, 0.15) is 17.8 Å². The van der Waals surface area contributed by atoms with E-state index in [0.29, 0.717) is 5.75 Å². The van der Waals surface area contributed by atoms with Crippen LogP contribution in [0.1, 0.15) is 34.3 Å². The molecule has 14 nitrogen and oxygen atoms in total. The molecule has 0 bridgehead atoms. The summed E-state index contributed by atoms with van der Waals surface area (Å²) in [4.78, 5) is 48.9. The standard InChI is InChI=1S/C23H30N8O6/c1-10-6-12(7-14(37-3)11(10)2)19(34)27-15-9-31-21(25)26-13(8-30-16(32)4-5-17(30)33)18-22(31,23(15,35)36)29-20(24)28-18/h6-7,13,15,18,35-36H,4-5,8-9H2,1-3H3,(H2,25,26)(H,27,34)(H3,24,28,29)/t13?,15?,18-,22-/m0/s1. The molecule has 0 aliphatic carbocycles. The molecular formula is C23H30N8O6. The van der Waals surface area contributed by atoms with Gasteiger partial charge in [-0.25, -0.2) is 9.98 Å². The lowest BCUT2D eigenvalue weighted by Gasteiger charge is -2.49. The van der Waals surface area contributed by atoms with Crippen LogP contribution in [0.5, 0.6) is 5.75 Å². The molecule has 8 N–H and O–H groups in total. The number of nitrogens with zero attached hydrogens (tertiary/aromatic N) is 4. The number of methoxy groups -OCH3 is 1. The summed E-state index contributed by atoms with van der Waals surface area (Å²) in [6, 6.07) is 0.0824. The van der Waals surface area contributed by atoms with E-state index in [0.717, 1.165) is 16.0 Å². The average molecular weight is 515 g/mol. The Morgan fingerprint density at radius 1 is 1.22 bits per heavy atom. The van der Waals surface area contributed by atoms with E-state index in [9.17, 15) is 24.6 Å². The van der Waals surface area contributed by atoms with Crippen LogP contribution < -0.4 is 26.8 Å². The molecule has 1 aromatic rings. The topological polar surface area (TPSA) is 208 Å². The first kappa shape index (κ1) is 24.8. The Morgan fingerprint density at radius 2 is 1.89 bits per heavy atom. The number of carbonyl (C=O) groups excluding carboxylic acids is 3. The maximum atomic E-state index is 13.2. The Morgan fingerprint density at radius 3 is 2.54 bits per heavy atom. The summed E-state index contributed by atoms with van der Waals surface area (Å²) >= 11 is 0. The Labute approximate surface area is 212 Å². The fourth-order valence-corrected chi connectivity index (χ4v) is 5.66. The molecule has 3 amide bonds. The van der Waals surface area contributed by atoms with Crippen molar-refractivity contribution in [2.45, 2.75) is 56.3 Å². The van der Waals surface area contributed by atoms with E-state index in [1.54, 1.807) is 12.1 Å². The monoisotopic (exact) mass is 514 g/mol. The van der Waals surface area contributed by atoms with Crippen molar-refractivity contribution in [3.8, 4) is 5.75 Å². The van der Waals surface area contributed by atoms with Crippen LogP contribution in [0.3, 0.4) is 0 Å². The molecule has 4 heterocycles. The van der Waals surface area contributed by atoms with Crippen molar-refractivity contribution >= 4 is 29.6 Å². The Balaban J connectivity index is 1.46. The largest absolute Gasteiger partial charge is 0.496 e. The van der Waals surface area contributed by atoms with Gasteiger partial charge in [0.2, 0.25) is 17.6 Å². The van der Waals surface area contributed by atoms with Crippen molar-refractivity contribution in [2.24, 2.45) is 21.5 Å². The zero-order valence-electron chi connectivity index (χ0n) is 20.7. The third-order valence-electron chi connectivity index (χ3n) is 7.73. The van der Waals surface area contributed by atoms with E-state index in [2.05, 4.69) is 20.6 Å². The van der Waals surface area contributed by atoms with E-state index in [-0.39, 0.29) is 55.2 Å². The normalized spacial score (nSPS) is 29.9. The highest BCUT2D eigenvalue weighted by Gasteiger charge is 2.73. The Hall–Kier alpha value is -3.91. The predicted octanol–water partition coefficient (Wildman–Crippen LogP) is -2.76. The van der Waals surface area contributed by atoms with Crippen LogP contribution in [0.4, 0.5) is 0 Å². The van der Waals surface area contributed by atoms with Gasteiger partial charge in [-0.05, 0) is 37.1 Å². The molecule has 37 heavy (non-hydrogen) atoms. The maximum absolute atomic E-state index is 13.2. The van der Waals surface area contributed by atoms with Crippen molar-refractivity contribution in [1.29, 1.82) is 0 Å². The number of carbonyl (C=O) groups is 3. The molecule has 0 aromatic heterocycles. The van der Waals surface area contributed by atoms with Crippen molar-refractivity contribution < 1.29 is 29.3 Å². The van der Waals surface area contributed by atoms with Crippen molar-refractivity contribution in [3.63, 3.8) is 0 Å². The summed E-state index contributed by atoms with van der Waals surface area (Å²) < 4.78 is 5.36. The van der Waals surface area contributed by atoms with E-state index in [1.165, 1.54) is 12.0 Å². The van der Waals surface area contributed by atoms with Crippen LogP contribution in [0.25, 0.3) is 0 Å². The molecule has 4 atom stereocenters. The molecule has 5 rings (SSSR count). The highest BCUT2D eigenvalue weighted by atomic mass is 16.5. The zero-order valence-corrected chi connectivity index (χ0v) is 20.7. The minimum absolute atomic E-state index is 0.0742. The van der Waals surface area contributed by atoms with Gasteiger partial charge in [-0.1, -0.05) is 0 Å². The summed E-state index contributed by atoms with van der Waals surface area (Å²) in [6.45, 7) is 3.43.